The third kappa shape index (κ3) is 5.42. The summed E-state index contributed by atoms with van der Waals surface area (Å²) in [5.74, 6) is 1.73. The number of benzene rings is 2. The maximum Gasteiger partial charge on any atom is 0.259 e. The van der Waals surface area contributed by atoms with E-state index in [-0.39, 0.29) is 12.5 Å². The van der Waals surface area contributed by atoms with Crippen LogP contribution in [0.4, 0.5) is 5.69 Å². The summed E-state index contributed by atoms with van der Waals surface area (Å²) in [6.07, 6.45) is 1.53. The molecular weight excluding hydrogens is 322 g/mol. The van der Waals surface area contributed by atoms with Crippen LogP contribution in [0.2, 0.25) is 0 Å². The van der Waals surface area contributed by atoms with Gasteiger partial charge in [-0.25, -0.2) is 5.43 Å². The van der Waals surface area contributed by atoms with Crippen LogP contribution < -0.4 is 25.0 Å². The number of ether oxygens (including phenoxy) is 3. The van der Waals surface area contributed by atoms with Gasteiger partial charge in [0.1, 0.15) is 5.75 Å². The Labute approximate surface area is 146 Å². The Morgan fingerprint density at radius 1 is 1.00 bits per heavy atom. The molecule has 0 radical (unpaired) electrons. The van der Waals surface area contributed by atoms with Gasteiger partial charge >= 0.3 is 0 Å². The number of hydrazone groups is 1. The van der Waals surface area contributed by atoms with Gasteiger partial charge in [-0.2, -0.15) is 5.10 Å². The maximum absolute atomic E-state index is 11.8. The molecule has 132 valence electrons. The largest absolute Gasteiger partial charge is 0.497 e. The Kier molecular flexibility index (Phi) is 6.65. The fraction of sp³-hybridized carbons (Fsp3) is 0.222. The third-order valence-corrected chi connectivity index (χ3v) is 3.35. The van der Waals surface area contributed by atoms with E-state index in [1.165, 1.54) is 6.21 Å². The van der Waals surface area contributed by atoms with Gasteiger partial charge in [0.2, 0.25) is 0 Å². The first-order valence-corrected chi connectivity index (χ1v) is 7.58. The van der Waals surface area contributed by atoms with Crippen LogP contribution in [0.1, 0.15) is 5.56 Å². The van der Waals surface area contributed by atoms with Gasteiger partial charge in [-0.1, -0.05) is 0 Å². The first-order valence-electron chi connectivity index (χ1n) is 7.58. The molecule has 1 amide bonds. The first-order chi connectivity index (χ1) is 12.2. The van der Waals surface area contributed by atoms with Crippen molar-refractivity contribution >= 4 is 17.8 Å². The Morgan fingerprint density at radius 3 is 2.36 bits per heavy atom. The lowest BCUT2D eigenvalue weighted by Crippen LogP contribution is -2.25. The normalized spacial score (nSPS) is 10.4. The predicted molar refractivity (Wildman–Crippen MR) is 96.8 cm³/mol. The van der Waals surface area contributed by atoms with E-state index in [1.807, 2.05) is 30.3 Å². The lowest BCUT2D eigenvalue weighted by Gasteiger charge is -2.07. The smallest absolute Gasteiger partial charge is 0.259 e. The van der Waals surface area contributed by atoms with Gasteiger partial charge in [0.25, 0.3) is 5.91 Å². The summed E-state index contributed by atoms with van der Waals surface area (Å²) < 4.78 is 15.5. The van der Waals surface area contributed by atoms with Gasteiger partial charge < -0.3 is 19.5 Å². The minimum absolute atomic E-state index is 0.107. The summed E-state index contributed by atoms with van der Waals surface area (Å²) in [5, 5.41) is 6.93. The monoisotopic (exact) mass is 343 g/mol. The highest BCUT2D eigenvalue weighted by Crippen LogP contribution is 2.26. The molecule has 0 aliphatic rings. The minimum Gasteiger partial charge on any atom is -0.497 e. The van der Waals surface area contributed by atoms with Crippen LogP contribution in [0.3, 0.4) is 0 Å². The van der Waals surface area contributed by atoms with E-state index in [9.17, 15) is 4.79 Å². The molecule has 0 saturated heterocycles. The molecule has 0 fully saturated rings. The van der Waals surface area contributed by atoms with Crippen molar-refractivity contribution in [3.8, 4) is 17.2 Å². The second-order valence-corrected chi connectivity index (χ2v) is 4.99. The highest BCUT2D eigenvalue weighted by molar-refractivity contribution is 5.84. The molecule has 0 bridgehead atoms. The Balaban J connectivity index is 1.83. The molecule has 2 rings (SSSR count). The Hall–Kier alpha value is -3.22. The van der Waals surface area contributed by atoms with Crippen LogP contribution in [0.25, 0.3) is 0 Å². The van der Waals surface area contributed by atoms with Crippen LogP contribution in [-0.4, -0.2) is 40.0 Å². The highest BCUT2D eigenvalue weighted by Gasteiger charge is 2.03. The van der Waals surface area contributed by atoms with E-state index in [4.69, 9.17) is 14.2 Å². The average Bonchev–Trinajstić information content (AvgIpc) is 2.66. The number of nitrogens with zero attached hydrogens (tertiary/aromatic N) is 1. The molecule has 0 aliphatic carbocycles. The van der Waals surface area contributed by atoms with E-state index in [2.05, 4.69) is 15.8 Å². The van der Waals surface area contributed by atoms with Crippen molar-refractivity contribution in [2.45, 2.75) is 0 Å². The summed E-state index contributed by atoms with van der Waals surface area (Å²) in [6.45, 7) is 0.107. The molecule has 7 heteroatoms. The molecule has 0 saturated carbocycles. The number of carbonyl (C=O) groups excluding carboxylic acids is 1. The molecule has 25 heavy (non-hydrogen) atoms. The van der Waals surface area contributed by atoms with Crippen LogP contribution in [-0.2, 0) is 4.79 Å². The maximum atomic E-state index is 11.8. The predicted octanol–water partition coefficient (Wildman–Crippen LogP) is 2.27. The number of amides is 1. The van der Waals surface area contributed by atoms with Gasteiger partial charge in [-0.05, 0) is 48.0 Å². The number of hydrogen-bond acceptors (Lipinski definition) is 6. The van der Waals surface area contributed by atoms with E-state index < -0.39 is 0 Å². The molecule has 0 aromatic heterocycles. The van der Waals surface area contributed by atoms with Gasteiger partial charge in [-0.15, -0.1) is 0 Å². The number of carbonyl (C=O) groups is 1. The summed E-state index contributed by atoms with van der Waals surface area (Å²) in [4.78, 5) is 11.8. The molecule has 0 heterocycles. The molecular formula is C18H21N3O4. The molecule has 7 nitrogen and oxygen atoms in total. The zero-order valence-electron chi connectivity index (χ0n) is 14.4. The van der Waals surface area contributed by atoms with Crippen molar-refractivity contribution in [1.82, 2.24) is 5.43 Å². The second kappa shape index (κ2) is 9.17. The molecule has 0 unspecified atom stereocenters. The fourth-order valence-corrected chi connectivity index (χ4v) is 2.04. The lowest BCUT2D eigenvalue weighted by atomic mass is 10.2. The zero-order chi connectivity index (χ0) is 18.1. The van der Waals surface area contributed by atoms with Crippen LogP contribution >= 0.6 is 0 Å². The minimum atomic E-state index is -0.257. The molecule has 2 aromatic carbocycles. The van der Waals surface area contributed by atoms with Crippen LogP contribution in [0, 0.1) is 0 Å². The van der Waals surface area contributed by atoms with E-state index in [1.54, 1.807) is 33.5 Å². The average molecular weight is 343 g/mol. The van der Waals surface area contributed by atoms with Crippen molar-refractivity contribution in [2.24, 2.45) is 5.10 Å². The van der Waals surface area contributed by atoms with Crippen LogP contribution in [0.15, 0.2) is 47.6 Å². The van der Waals surface area contributed by atoms with Gasteiger partial charge in [0.05, 0.1) is 34.1 Å². The third-order valence-electron chi connectivity index (χ3n) is 3.35. The molecule has 2 aromatic rings. The second-order valence-electron chi connectivity index (χ2n) is 4.99. The molecule has 0 spiro atoms. The number of nitrogens with one attached hydrogen (secondary N) is 2. The SMILES string of the molecule is COc1ccc(NCC(=O)N/N=C/c2ccc(OC)c(OC)c2)cc1. The summed E-state index contributed by atoms with van der Waals surface area (Å²) >= 11 is 0. The van der Waals surface area contributed by atoms with Crippen LogP contribution in [0.5, 0.6) is 17.2 Å². The summed E-state index contributed by atoms with van der Waals surface area (Å²) in [5.41, 5.74) is 4.06. The van der Waals surface area contributed by atoms with Crippen molar-refractivity contribution in [3.63, 3.8) is 0 Å². The van der Waals surface area contributed by atoms with Crippen molar-refractivity contribution in [2.75, 3.05) is 33.2 Å². The number of methoxy groups -OCH3 is 3. The standard InChI is InChI=1S/C18H21N3O4/c1-23-15-7-5-14(6-8-15)19-12-18(22)21-20-11-13-4-9-16(24-2)17(10-13)25-3/h4-11,19H,12H2,1-3H3,(H,21,22)/b20-11+. The molecule has 2 N–H and O–H groups in total. The molecule has 0 aliphatic heterocycles. The van der Waals surface area contributed by atoms with Gasteiger partial charge in [0.15, 0.2) is 11.5 Å². The number of rotatable bonds is 8. The van der Waals surface area contributed by atoms with E-state index >= 15 is 0 Å². The van der Waals surface area contributed by atoms with Gasteiger partial charge in [-0.3, -0.25) is 4.79 Å². The van der Waals surface area contributed by atoms with Crippen molar-refractivity contribution in [1.29, 1.82) is 0 Å². The van der Waals surface area contributed by atoms with Crippen molar-refractivity contribution < 1.29 is 19.0 Å². The highest BCUT2D eigenvalue weighted by atomic mass is 16.5. The number of anilines is 1. The number of hydrogen-bond donors (Lipinski definition) is 2. The zero-order valence-corrected chi connectivity index (χ0v) is 14.4. The topological polar surface area (TPSA) is 81.2 Å². The quantitative estimate of drug-likeness (QED) is 0.568. The lowest BCUT2D eigenvalue weighted by molar-refractivity contribution is -0.119. The Bertz CT molecular complexity index is 730. The first kappa shape index (κ1) is 18.1. The summed E-state index contributed by atoms with van der Waals surface area (Å²) in [7, 11) is 4.74. The van der Waals surface area contributed by atoms with Crippen molar-refractivity contribution in [3.05, 3.63) is 48.0 Å². The molecule has 0 atom stereocenters. The van der Waals surface area contributed by atoms with E-state index in [0.717, 1.165) is 17.0 Å². The Morgan fingerprint density at radius 2 is 1.72 bits per heavy atom. The summed E-state index contributed by atoms with van der Waals surface area (Å²) in [6, 6.07) is 12.6. The van der Waals surface area contributed by atoms with Gasteiger partial charge in [0, 0.05) is 5.69 Å². The fourth-order valence-electron chi connectivity index (χ4n) is 2.04. The van der Waals surface area contributed by atoms with E-state index in [0.29, 0.717) is 11.5 Å².